The second-order valence-electron chi connectivity index (χ2n) is 2.92. The minimum atomic E-state index is 0.926. The highest BCUT2D eigenvalue weighted by molar-refractivity contribution is 5.55. The van der Waals surface area contributed by atoms with E-state index >= 15 is 0 Å². The lowest BCUT2D eigenvalue weighted by Crippen LogP contribution is -2.42. The van der Waals surface area contributed by atoms with Gasteiger partial charge < -0.3 is 5.32 Å². The lowest BCUT2D eigenvalue weighted by atomic mass is 10.5. The second-order valence-corrected chi connectivity index (χ2v) is 2.92. The molecular formula is C8H19N5. The number of rotatable bonds is 5. The molecule has 5 heteroatoms. The zero-order valence-electron chi connectivity index (χ0n) is 9.00. The minimum Gasteiger partial charge on any atom is -0.393 e. The first-order chi connectivity index (χ1) is 6.06. The van der Waals surface area contributed by atoms with Crippen molar-refractivity contribution in [3.8, 4) is 0 Å². The van der Waals surface area contributed by atoms with Crippen molar-refractivity contribution in [1.82, 2.24) is 20.9 Å². The number of hydrazine groups is 2. The van der Waals surface area contributed by atoms with Crippen molar-refractivity contribution in [1.29, 1.82) is 0 Å². The molecule has 13 heavy (non-hydrogen) atoms. The van der Waals surface area contributed by atoms with Gasteiger partial charge in [-0.25, -0.2) is 10.0 Å². The second kappa shape index (κ2) is 6.45. The van der Waals surface area contributed by atoms with Gasteiger partial charge in [0.15, 0.2) is 0 Å². The lowest BCUT2D eigenvalue weighted by Gasteiger charge is -2.19. The van der Waals surface area contributed by atoms with Gasteiger partial charge in [0, 0.05) is 34.4 Å². The van der Waals surface area contributed by atoms with Crippen LogP contribution in [-0.2, 0) is 0 Å². The van der Waals surface area contributed by atoms with Crippen molar-refractivity contribution in [2.24, 2.45) is 4.99 Å². The molecule has 0 radical (unpaired) electrons. The maximum atomic E-state index is 4.18. The summed E-state index contributed by atoms with van der Waals surface area (Å²) in [6, 6.07) is 0. The fourth-order valence-electron chi connectivity index (χ4n) is 0.765. The standard InChI is InChI=1S/C8H19N5/c1-8(6-9-2)10-7-13(5)11-12(3)4/h6-7,9,11H,1-5H3/b8-6+,10-7?. The fourth-order valence-corrected chi connectivity index (χ4v) is 0.765. The third-order valence-corrected chi connectivity index (χ3v) is 1.15. The summed E-state index contributed by atoms with van der Waals surface area (Å²) in [4.78, 5) is 4.18. The molecule has 0 aromatic rings. The molecule has 0 heterocycles. The number of allylic oxidation sites excluding steroid dienone is 1. The molecule has 0 bridgehead atoms. The summed E-state index contributed by atoms with van der Waals surface area (Å²) in [7, 11) is 7.57. The van der Waals surface area contributed by atoms with Crippen LogP contribution in [0.15, 0.2) is 16.9 Å². The van der Waals surface area contributed by atoms with E-state index in [4.69, 9.17) is 0 Å². The Balaban J connectivity index is 3.89. The smallest absolute Gasteiger partial charge is 0.106 e. The average Bonchev–Trinajstić information content (AvgIpc) is 2.00. The molecule has 0 aliphatic heterocycles. The largest absolute Gasteiger partial charge is 0.393 e. The summed E-state index contributed by atoms with van der Waals surface area (Å²) in [5.74, 6) is 0. The maximum absolute atomic E-state index is 4.18. The van der Waals surface area contributed by atoms with E-state index in [0.717, 1.165) is 5.70 Å². The van der Waals surface area contributed by atoms with E-state index in [-0.39, 0.29) is 0 Å². The Bertz CT molecular complexity index is 185. The molecule has 0 unspecified atom stereocenters. The molecule has 5 nitrogen and oxygen atoms in total. The Morgan fingerprint density at radius 2 is 1.92 bits per heavy atom. The van der Waals surface area contributed by atoms with E-state index in [2.05, 4.69) is 15.8 Å². The summed E-state index contributed by atoms with van der Waals surface area (Å²) >= 11 is 0. The third-order valence-electron chi connectivity index (χ3n) is 1.15. The highest BCUT2D eigenvalue weighted by atomic mass is 15.7. The molecule has 0 aromatic heterocycles. The molecule has 0 aromatic carbocycles. The SMILES string of the molecule is CN/C=C(\C)N=CN(C)NN(C)C. The Hall–Kier alpha value is -1.07. The van der Waals surface area contributed by atoms with Gasteiger partial charge in [-0.3, -0.25) is 5.01 Å². The normalized spacial score (nSPS) is 12.6. The van der Waals surface area contributed by atoms with Crippen molar-refractivity contribution in [3.05, 3.63) is 11.9 Å². The van der Waals surface area contributed by atoms with Gasteiger partial charge in [-0.2, -0.15) is 5.53 Å². The van der Waals surface area contributed by atoms with Crippen molar-refractivity contribution >= 4 is 6.34 Å². The van der Waals surface area contributed by atoms with Crippen LogP contribution in [0.2, 0.25) is 0 Å². The monoisotopic (exact) mass is 185 g/mol. The molecule has 0 atom stereocenters. The number of nitrogens with zero attached hydrogens (tertiary/aromatic N) is 3. The van der Waals surface area contributed by atoms with Crippen LogP contribution in [0.4, 0.5) is 0 Å². The van der Waals surface area contributed by atoms with Crippen molar-refractivity contribution in [2.75, 3.05) is 28.2 Å². The van der Waals surface area contributed by atoms with Gasteiger partial charge in [-0.1, -0.05) is 0 Å². The molecule has 0 amide bonds. The van der Waals surface area contributed by atoms with Gasteiger partial charge in [0.25, 0.3) is 0 Å². The molecular weight excluding hydrogens is 166 g/mol. The van der Waals surface area contributed by atoms with Gasteiger partial charge in [0.05, 0.1) is 5.70 Å². The number of aliphatic imine (C=N–C) groups is 1. The summed E-state index contributed by atoms with van der Waals surface area (Å²) in [5.41, 5.74) is 3.94. The fraction of sp³-hybridized carbons (Fsp3) is 0.625. The topological polar surface area (TPSA) is 42.9 Å². The Morgan fingerprint density at radius 1 is 1.31 bits per heavy atom. The summed E-state index contributed by atoms with van der Waals surface area (Å²) in [6.45, 7) is 1.93. The van der Waals surface area contributed by atoms with E-state index in [0.29, 0.717) is 0 Å². The highest BCUT2D eigenvalue weighted by Crippen LogP contribution is 1.89. The van der Waals surface area contributed by atoms with Gasteiger partial charge in [0.1, 0.15) is 6.34 Å². The molecule has 0 rings (SSSR count). The van der Waals surface area contributed by atoms with Gasteiger partial charge in [-0.15, -0.1) is 0 Å². The van der Waals surface area contributed by atoms with Crippen LogP contribution in [0.25, 0.3) is 0 Å². The molecule has 0 aliphatic rings. The van der Waals surface area contributed by atoms with Crippen LogP contribution in [0, 0.1) is 0 Å². The number of hydrogen-bond acceptors (Lipinski definition) is 4. The molecule has 0 saturated heterocycles. The van der Waals surface area contributed by atoms with E-state index in [9.17, 15) is 0 Å². The third kappa shape index (κ3) is 7.30. The van der Waals surface area contributed by atoms with Crippen LogP contribution >= 0.6 is 0 Å². The lowest BCUT2D eigenvalue weighted by molar-refractivity contribution is 0.156. The summed E-state index contributed by atoms with van der Waals surface area (Å²) in [5, 5.41) is 6.51. The number of hydrogen-bond donors (Lipinski definition) is 2. The van der Waals surface area contributed by atoms with Gasteiger partial charge >= 0.3 is 0 Å². The van der Waals surface area contributed by atoms with Gasteiger partial charge in [0.2, 0.25) is 0 Å². The quantitative estimate of drug-likeness (QED) is 0.360. The minimum absolute atomic E-state index is 0.926. The Kier molecular flexibility index (Phi) is 5.92. The molecule has 0 aliphatic carbocycles. The predicted octanol–water partition coefficient (Wildman–Crippen LogP) is 0.00840. The van der Waals surface area contributed by atoms with E-state index in [1.165, 1.54) is 0 Å². The maximum Gasteiger partial charge on any atom is 0.106 e. The highest BCUT2D eigenvalue weighted by Gasteiger charge is 1.90. The predicted molar refractivity (Wildman–Crippen MR) is 55.9 cm³/mol. The summed E-state index contributed by atoms with van der Waals surface area (Å²) < 4.78 is 0. The first-order valence-electron chi connectivity index (χ1n) is 4.11. The summed E-state index contributed by atoms with van der Waals surface area (Å²) in [6.07, 6.45) is 3.54. The Morgan fingerprint density at radius 3 is 2.38 bits per heavy atom. The van der Waals surface area contributed by atoms with Crippen LogP contribution in [0.1, 0.15) is 6.92 Å². The van der Waals surface area contributed by atoms with Crippen LogP contribution < -0.4 is 10.9 Å². The van der Waals surface area contributed by atoms with Crippen molar-refractivity contribution in [2.45, 2.75) is 6.92 Å². The first kappa shape index (κ1) is 11.9. The number of nitrogens with one attached hydrogen (secondary N) is 2. The van der Waals surface area contributed by atoms with Crippen LogP contribution in [0.3, 0.4) is 0 Å². The molecule has 0 saturated carbocycles. The first-order valence-corrected chi connectivity index (χ1v) is 4.11. The molecule has 76 valence electrons. The van der Waals surface area contributed by atoms with E-state index < -0.39 is 0 Å². The molecule has 0 spiro atoms. The zero-order chi connectivity index (χ0) is 10.3. The van der Waals surface area contributed by atoms with Crippen LogP contribution in [-0.4, -0.2) is 44.5 Å². The molecule has 0 fully saturated rings. The Labute approximate surface area is 80.1 Å². The van der Waals surface area contributed by atoms with Crippen LogP contribution in [0.5, 0.6) is 0 Å². The zero-order valence-corrected chi connectivity index (χ0v) is 9.00. The van der Waals surface area contributed by atoms with Crippen molar-refractivity contribution < 1.29 is 0 Å². The van der Waals surface area contributed by atoms with E-state index in [1.807, 2.05) is 46.3 Å². The average molecular weight is 185 g/mol. The molecule has 2 N–H and O–H groups in total. The van der Waals surface area contributed by atoms with Gasteiger partial charge in [-0.05, 0) is 6.92 Å². The van der Waals surface area contributed by atoms with E-state index in [1.54, 1.807) is 11.3 Å². The van der Waals surface area contributed by atoms with Crippen molar-refractivity contribution in [3.63, 3.8) is 0 Å².